The molecule has 7 heteroatoms. The molecule has 0 bridgehead atoms. The zero-order valence-electron chi connectivity index (χ0n) is 14.2. The summed E-state index contributed by atoms with van der Waals surface area (Å²) in [5.41, 5.74) is 1.18. The number of hydrogen-bond donors (Lipinski definition) is 2. The number of likely N-dealkylation sites (tertiary alicyclic amines) is 1. The topological polar surface area (TPSA) is 64.3 Å². The summed E-state index contributed by atoms with van der Waals surface area (Å²) in [5, 5.41) is 12.2. The van der Waals surface area contributed by atoms with Crippen LogP contribution in [0, 0.1) is 0 Å². The molecule has 1 aliphatic heterocycles. The Kier molecular flexibility index (Phi) is 5.52. The summed E-state index contributed by atoms with van der Waals surface area (Å²) in [6.45, 7) is 2.22. The number of carbonyl (C=O) groups excluding carboxylic acids is 1. The van der Waals surface area contributed by atoms with E-state index in [1.54, 1.807) is 17.5 Å². The molecule has 0 saturated carbocycles. The number of likely N-dealkylation sites (N-methyl/N-ethyl adjacent to an activating group) is 1. The second-order valence-corrected chi connectivity index (χ2v) is 7.43. The van der Waals surface area contributed by atoms with Gasteiger partial charge in [0.25, 0.3) is 0 Å². The Morgan fingerprint density at radius 1 is 1.46 bits per heavy atom. The first-order chi connectivity index (χ1) is 11.6. The lowest BCUT2D eigenvalue weighted by molar-refractivity contribution is 0.176. The van der Waals surface area contributed by atoms with Gasteiger partial charge >= 0.3 is 6.03 Å². The smallest absolute Gasteiger partial charge is 0.317 e. The van der Waals surface area contributed by atoms with Gasteiger partial charge in [-0.2, -0.15) is 5.10 Å². The van der Waals surface area contributed by atoms with Crippen LogP contribution in [-0.4, -0.2) is 59.8 Å². The largest absolute Gasteiger partial charge is 0.336 e. The number of aromatic amines is 1. The Morgan fingerprint density at radius 2 is 2.25 bits per heavy atom. The van der Waals surface area contributed by atoms with Crippen LogP contribution in [0.1, 0.15) is 35.4 Å². The molecule has 0 unspecified atom stereocenters. The van der Waals surface area contributed by atoms with E-state index in [0.29, 0.717) is 12.5 Å². The Bertz CT molecular complexity index is 617. The first-order valence-electron chi connectivity index (χ1n) is 8.37. The van der Waals surface area contributed by atoms with Gasteiger partial charge in [0.05, 0.1) is 6.04 Å². The monoisotopic (exact) mass is 347 g/mol. The number of rotatable bonds is 5. The van der Waals surface area contributed by atoms with Gasteiger partial charge in [-0.15, -0.1) is 11.3 Å². The molecule has 3 heterocycles. The maximum absolute atomic E-state index is 12.5. The normalized spacial score (nSPS) is 17.2. The van der Waals surface area contributed by atoms with Crippen LogP contribution in [0.5, 0.6) is 0 Å². The minimum atomic E-state index is 0.0430. The van der Waals surface area contributed by atoms with Gasteiger partial charge in [0.15, 0.2) is 0 Å². The van der Waals surface area contributed by atoms with Crippen molar-refractivity contribution in [3.05, 3.63) is 40.3 Å². The minimum absolute atomic E-state index is 0.0430. The van der Waals surface area contributed by atoms with Crippen LogP contribution in [0.25, 0.3) is 0 Å². The van der Waals surface area contributed by atoms with Crippen molar-refractivity contribution in [2.45, 2.75) is 24.8 Å². The van der Waals surface area contributed by atoms with Gasteiger partial charge < -0.3 is 15.1 Å². The van der Waals surface area contributed by atoms with Crippen LogP contribution in [0.2, 0.25) is 0 Å². The van der Waals surface area contributed by atoms with Crippen molar-refractivity contribution in [2.24, 2.45) is 0 Å². The van der Waals surface area contributed by atoms with Crippen molar-refractivity contribution in [3.63, 3.8) is 0 Å². The SMILES string of the molecule is CN(C)[C@@H](CNC(=O)N1CCC(c2ccn[nH]2)CC1)c1cccs1. The van der Waals surface area contributed by atoms with Crippen LogP contribution < -0.4 is 5.32 Å². The van der Waals surface area contributed by atoms with Crippen molar-refractivity contribution in [1.29, 1.82) is 0 Å². The first kappa shape index (κ1) is 17.0. The van der Waals surface area contributed by atoms with Crippen LogP contribution in [0.15, 0.2) is 29.8 Å². The van der Waals surface area contributed by atoms with Crippen molar-refractivity contribution in [1.82, 2.24) is 25.3 Å². The molecule has 0 aromatic carbocycles. The molecule has 6 nitrogen and oxygen atoms in total. The molecule has 1 atom stereocenters. The van der Waals surface area contributed by atoms with Gasteiger partial charge in [-0.1, -0.05) is 6.07 Å². The van der Waals surface area contributed by atoms with E-state index in [0.717, 1.165) is 25.9 Å². The van der Waals surface area contributed by atoms with Crippen LogP contribution in [0.4, 0.5) is 4.79 Å². The number of amides is 2. The number of nitrogens with one attached hydrogen (secondary N) is 2. The summed E-state index contributed by atoms with van der Waals surface area (Å²) in [6, 6.07) is 6.47. The molecule has 2 aromatic rings. The number of H-pyrrole nitrogens is 1. The lowest BCUT2D eigenvalue weighted by Crippen LogP contribution is -2.46. The quantitative estimate of drug-likeness (QED) is 0.874. The Balaban J connectivity index is 1.49. The van der Waals surface area contributed by atoms with Crippen LogP contribution in [0.3, 0.4) is 0 Å². The highest BCUT2D eigenvalue weighted by Gasteiger charge is 2.25. The van der Waals surface area contributed by atoms with Crippen molar-refractivity contribution >= 4 is 17.4 Å². The van der Waals surface area contributed by atoms with Gasteiger partial charge in [0, 0.05) is 42.3 Å². The van der Waals surface area contributed by atoms with E-state index >= 15 is 0 Å². The lowest BCUT2D eigenvalue weighted by Gasteiger charge is -2.32. The molecule has 0 radical (unpaired) electrons. The average Bonchev–Trinajstić information content (AvgIpc) is 3.28. The number of aromatic nitrogens is 2. The Labute approximate surface area is 146 Å². The molecule has 2 amide bonds. The summed E-state index contributed by atoms with van der Waals surface area (Å²) in [6.07, 6.45) is 3.76. The third-order valence-electron chi connectivity index (χ3n) is 4.69. The maximum atomic E-state index is 12.5. The molecule has 3 rings (SSSR count). The number of hydrogen-bond acceptors (Lipinski definition) is 4. The molecule has 1 saturated heterocycles. The fraction of sp³-hybridized carbons (Fsp3) is 0.529. The van der Waals surface area contributed by atoms with Crippen molar-refractivity contribution < 1.29 is 4.79 Å². The zero-order chi connectivity index (χ0) is 16.9. The second-order valence-electron chi connectivity index (χ2n) is 6.45. The Morgan fingerprint density at radius 3 is 2.83 bits per heavy atom. The van der Waals surface area contributed by atoms with Crippen molar-refractivity contribution in [3.8, 4) is 0 Å². The lowest BCUT2D eigenvalue weighted by atomic mass is 9.94. The highest BCUT2D eigenvalue weighted by molar-refractivity contribution is 7.10. The van der Waals surface area contributed by atoms with E-state index in [9.17, 15) is 4.79 Å². The predicted octanol–water partition coefficient (Wildman–Crippen LogP) is 2.66. The fourth-order valence-corrected chi connectivity index (χ4v) is 4.12. The number of piperidine rings is 1. The van der Waals surface area contributed by atoms with E-state index in [-0.39, 0.29) is 12.1 Å². The molecule has 2 N–H and O–H groups in total. The van der Waals surface area contributed by atoms with Gasteiger partial charge in [-0.25, -0.2) is 4.79 Å². The average molecular weight is 347 g/mol. The second kappa shape index (κ2) is 7.81. The summed E-state index contributed by atoms with van der Waals surface area (Å²) >= 11 is 1.73. The third kappa shape index (κ3) is 3.96. The summed E-state index contributed by atoms with van der Waals surface area (Å²) in [5.74, 6) is 0.484. The fourth-order valence-electron chi connectivity index (χ4n) is 3.20. The molecule has 0 spiro atoms. The van der Waals surface area contributed by atoms with E-state index in [1.165, 1.54) is 10.6 Å². The Hall–Kier alpha value is -1.86. The number of nitrogens with zero attached hydrogens (tertiary/aromatic N) is 3. The molecule has 24 heavy (non-hydrogen) atoms. The standard InChI is InChI=1S/C17H25N5OS/c1-21(2)15(16-4-3-11-24-16)12-18-17(23)22-9-6-13(7-10-22)14-5-8-19-20-14/h3-5,8,11,13,15H,6-7,9-10,12H2,1-2H3,(H,18,23)(H,19,20)/t15-/m0/s1. The van der Waals surface area contributed by atoms with E-state index in [4.69, 9.17) is 0 Å². The number of thiophene rings is 1. The highest BCUT2D eigenvalue weighted by atomic mass is 32.1. The molecule has 0 aliphatic carbocycles. The van der Waals surface area contributed by atoms with Gasteiger partial charge in [0.2, 0.25) is 0 Å². The molecular weight excluding hydrogens is 322 g/mol. The van der Waals surface area contributed by atoms with Gasteiger partial charge in [-0.3, -0.25) is 5.10 Å². The van der Waals surface area contributed by atoms with Gasteiger partial charge in [-0.05, 0) is 44.4 Å². The van der Waals surface area contributed by atoms with Crippen molar-refractivity contribution in [2.75, 3.05) is 33.7 Å². The summed E-state index contributed by atoms with van der Waals surface area (Å²) in [7, 11) is 4.10. The molecule has 130 valence electrons. The van der Waals surface area contributed by atoms with E-state index in [2.05, 4.69) is 37.9 Å². The maximum Gasteiger partial charge on any atom is 0.317 e. The first-order valence-corrected chi connectivity index (χ1v) is 9.25. The molecule has 1 aliphatic rings. The van der Waals surface area contributed by atoms with E-state index in [1.807, 2.05) is 25.1 Å². The number of urea groups is 1. The zero-order valence-corrected chi connectivity index (χ0v) is 15.1. The summed E-state index contributed by atoms with van der Waals surface area (Å²) in [4.78, 5) is 17.8. The molecular formula is C17H25N5OS. The minimum Gasteiger partial charge on any atom is -0.336 e. The van der Waals surface area contributed by atoms with Gasteiger partial charge in [0.1, 0.15) is 0 Å². The summed E-state index contributed by atoms with van der Waals surface area (Å²) < 4.78 is 0. The predicted molar refractivity (Wildman–Crippen MR) is 96.3 cm³/mol. The van der Waals surface area contributed by atoms with Crippen LogP contribution in [-0.2, 0) is 0 Å². The molecule has 1 fully saturated rings. The highest BCUT2D eigenvalue weighted by Crippen LogP contribution is 2.26. The third-order valence-corrected chi connectivity index (χ3v) is 5.66. The van der Waals surface area contributed by atoms with E-state index < -0.39 is 0 Å². The van der Waals surface area contributed by atoms with Crippen LogP contribution >= 0.6 is 11.3 Å². The number of carbonyl (C=O) groups is 1. The molecule has 2 aromatic heterocycles.